The lowest BCUT2D eigenvalue weighted by Gasteiger charge is -2.35. The third-order valence-electron chi connectivity index (χ3n) is 6.02. The molecule has 2 amide bonds. The predicted molar refractivity (Wildman–Crippen MR) is 162 cm³/mol. The van der Waals surface area contributed by atoms with Crippen molar-refractivity contribution in [2.45, 2.75) is 52.2 Å². The molecule has 1 atom stereocenters. The van der Waals surface area contributed by atoms with E-state index >= 15 is 0 Å². The SMILES string of the molecule is Cc1cccc(CN(C(=O)CN(c2cc(Cl)cc(Cl)c2)S(C)(=O)=O)[C@H](Cc2ccccc2)C(=O)NC(C)(C)C)c1. The molecule has 0 bridgehead atoms. The molecule has 0 spiro atoms. The zero-order valence-corrected chi connectivity index (χ0v) is 25.6. The van der Waals surface area contributed by atoms with Crippen LogP contribution in [0, 0.1) is 6.92 Å². The van der Waals surface area contributed by atoms with Gasteiger partial charge in [0.05, 0.1) is 11.9 Å². The first kappa shape index (κ1) is 31.5. The molecule has 0 radical (unpaired) electrons. The van der Waals surface area contributed by atoms with E-state index in [1.807, 2.05) is 82.3 Å². The summed E-state index contributed by atoms with van der Waals surface area (Å²) in [7, 11) is -3.93. The van der Waals surface area contributed by atoms with Crippen molar-refractivity contribution in [2.75, 3.05) is 17.1 Å². The molecule has 0 aliphatic heterocycles. The molecule has 0 aliphatic carbocycles. The summed E-state index contributed by atoms with van der Waals surface area (Å²) in [6.45, 7) is 7.10. The number of hydrogen-bond donors (Lipinski definition) is 1. The number of nitrogens with zero attached hydrogens (tertiary/aromatic N) is 2. The van der Waals surface area contributed by atoms with E-state index in [0.29, 0.717) is 0 Å². The molecule has 0 heterocycles. The van der Waals surface area contributed by atoms with E-state index < -0.39 is 34.1 Å². The summed E-state index contributed by atoms with van der Waals surface area (Å²) in [5.74, 6) is -0.887. The highest BCUT2D eigenvalue weighted by atomic mass is 35.5. The Morgan fingerprint density at radius 3 is 2.05 bits per heavy atom. The van der Waals surface area contributed by atoms with Crippen LogP contribution < -0.4 is 9.62 Å². The monoisotopic (exact) mass is 603 g/mol. The van der Waals surface area contributed by atoms with Crippen LogP contribution in [0.5, 0.6) is 0 Å². The average Bonchev–Trinajstić information content (AvgIpc) is 2.82. The maximum atomic E-state index is 14.1. The van der Waals surface area contributed by atoms with Crippen molar-refractivity contribution in [1.29, 1.82) is 0 Å². The number of carbonyl (C=O) groups is 2. The molecule has 40 heavy (non-hydrogen) atoms. The van der Waals surface area contributed by atoms with Crippen LogP contribution in [-0.2, 0) is 32.6 Å². The van der Waals surface area contributed by atoms with Gasteiger partial charge in [0.15, 0.2) is 0 Å². The van der Waals surface area contributed by atoms with Gasteiger partial charge in [-0.05, 0) is 57.0 Å². The van der Waals surface area contributed by atoms with E-state index in [0.717, 1.165) is 27.3 Å². The Kier molecular flexibility index (Phi) is 10.3. The van der Waals surface area contributed by atoms with Crippen molar-refractivity contribution >= 4 is 50.7 Å². The number of nitrogens with one attached hydrogen (secondary N) is 1. The van der Waals surface area contributed by atoms with Gasteiger partial charge in [0.2, 0.25) is 21.8 Å². The Hall–Kier alpha value is -3.07. The number of amides is 2. The van der Waals surface area contributed by atoms with Crippen LogP contribution in [0.25, 0.3) is 0 Å². The highest BCUT2D eigenvalue weighted by Gasteiger charge is 2.34. The van der Waals surface area contributed by atoms with Gasteiger partial charge in [-0.3, -0.25) is 13.9 Å². The molecule has 0 unspecified atom stereocenters. The quantitative estimate of drug-likeness (QED) is 0.326. The van der Waals surface area contributed by atoms with Crippen molar-refractivity contribution in [3.05, 3.63) is 99.5 Å². The van der Waals surface area contributed by atoms with Crippen LogP contribution in [0.2, 0.25) is 10.0 Å². The number of carbonyl (C=O) groups excluding carboxylic acids is 2. The third-order valence-corrected chi connectivity index (χ3v) is 7.60. The van der Waals surface area contributed by atoms with Gasteiger partial charge in [-0.15, -0.1) is 0 Å². The fourth-order valence-electron chi connectivity index (χ4n) is 4.31. The Bertz CT molecular complexity index is 1440. The zero-order chi connectivity index (χ0) is 29.7. The third kappa shape index (κ3) is 9.25. The number of benzene rings is 3. The molecule has 0 saturated carbocycles. The first-order valence-electron chi connectivity index (χ1n) is 12.8. The number of anilines is 1. The molecule has 0 fully saturated rings. The topological polar surface area (TPSA) is 86.8 Å². The van der Waals surface area contributed by atoms with Gasteiger partial charge in [0.25, 0.3) is 0 Å². The number of rotatable bonds is 10. The standard InChI is InChI=1S/C30H35Cl2N3O4S/c1-21-10-9-13-23(14-21)19-34(27(29(37)33-30(2,3)4)15-22-11-7-6-8-12-22)28(36)20-35(40(5,38)39)26-17-24(31)16-25(32)18-26/h6-14,16-18,27H,15,19-20H2,1-5H3,(H,33,37)/t27-/m1/s1. The average molecular weight is 605 g/mol. The second-order valence-corrected chi connectivity index (χ2v) is 13.6. The van der Waals surface area contributed by atoms with Crippen LogP contribution in [0.15, 0.2) is 72.8 Å². The summed E-state index contributed by atoms with van der Waals surface area (Å²) in [6, 6.07) is 20.5. The fourth-order valence-corrected chi connectivity index (χ4v) is 5.66. The van der Waals surface area contributed by atoms with Crippen molar-refractivity contribution in [3.8, 4) is 0 Å². The van der Waals surface area contributed by atoms with Crippen LogP contribution >= 0.6 is 23.2 Å². The number of sulfonamides is 1. The number of hydrogen-bond acceptors (Lipinski definition) is 4. The molecule has 0 aromatic heterocycles. The normalized spacial score (nSPS) is 12.5. The zero-order valence-electron chi connectivity index (χ0n) is 23.3. The van der Waals surface area contributed by atoms with E-state index in [1.165, 1.54) is 23.1 Å². The molecule has 3 rings (SSSR count). The minimum atomic E-state index is -3.93. The Morgan fingerprint density at radius 1 is 0.900 bits per heavy atom. The predicted octanol–water partition coefficient (Wildman–Crippen LogP) is 5.62. The second kappa shape index (κ2) is 13.1. The molecule has 0 aliphatic rings. The maximum Gasteiger partial charge on any atom is 0.244 e. The molecule has 7 nitrogen and oxygen atoms in total. The molecule has 214 valence electrons. The van der Waals surface area contributed by atoms with Gasteiger partial charge in [-0.1, -0.05) is 83.4 Å². The van der Waals surface area contributed by atoms with Crippen molar-refractivity contribution in [3.63, 3.8) is 0 Å². The molecule has 3 aromatic carbocycles. The largest absolute Gasteiger partial charge is 0.350 e. The molecule has 10 heteroatoms. The van der Waals surface area contributed by atoms with Crippen LogP contribution in [-0.4, -0.2) is 49.5 Å². The smallest absolute Gasteiger partial charge is 0.244 e. The van der Waals surface area contributed by atoms with Crippen LogP contribution in [0.1, 0.15) is 37.5 Å². The van der Waals surface area contributed by atoms with Gasteiger partial charge in [0.1, 0.15) is 12.6 Å². The van der Waals surface area contributed by atoms with E-state index in [2.05, 4.69) is 5.32 Å². The summed E-state index contributed by atoms with van der Waals surface area (Å²) >= 11 is 12.3. The van der Waals surface area contributed by atoms with Gasteiger partial charge in [-0.25, -0.2) is 8.42 Å². The minimum Gasteiger partial charge on any atom is -0.350 e. The summed E-state index contributed by atoms with van der Waals surface area (Å²) in [5.41, 5.74) is 2.27. The molecule has 1 N–H and O–H groups in total. The fraction of sp³-hybridized carbons (Fsp3) is 0.333. The molecule has 0 saturated heterocycles. The van der Waals surface area contributed by atoms with Crippen LogP contribution in [0.3, 0.4) is 0 Å². The van der Waals surface area contributed by atoms with Gasteiger partial charge in [-0.2, -0.15) is 0 Å². The lowest BCUT2D eigenvalue weighted by molar-refractivity contribution is -0.140. The highest BCUT2D eigenvalue weighted by Crippen LogP contribution is 2.27. The Morgan fingerprint density at radius 2 is 1.50 bits per heavy atom. The lowest BCUT2D eigenvalue weighted by atomic mass is 10.0. The second-order valence-electron chi connectivity index (χ2n) is 10.9. The van der Waals surface area contributed by atoms with Gasteiger partial charge < -0.3 is 10.2 Å². The summed E-state index contributed by atoms with van der Waals surface area (Å²) in [6.07, 6.45) is 1.25. The Balaban J connectivity index is 2.09. The van der Waals surface area contributed by atoms with Crippen LogP contribution in [0.4, 0.5) is 5.69 Å². The van der Waals surface area contributed by atoms with E-state index in [1.54, 1.807) is 0 Å². The lowest BCUT2D eigenvalue weighted by Crippen LogP contribution is -2.56. The number of halogens is 2. The first-order chi connectivity index (χ1) is 18.6. The van der Waals surface area contributed by atoms with E-state index in [4.69, 9.17) is 23.2 Å². The minimum absolute atomic E-state index is 0.101. The molecule has 3 aromatic rings. The molecular weight excluding hydrogens is 569 g/mol. The summed E-state index contributed by atoms with van der Waals surface area (Å²) < 4.78 is 26.7. The van der Waals surface area contributed by atoms with E-state index in [-0.39, 0.29) is 34.6 Å². The summed E-state index contributed by atoms with van der Waals surface area (Å²) in [5, 5.41) is 3.46. The van der Waals surface area contributed by atoms with Crippen molar-refractivity contribution in [2.24, 2.45) is 0 Å². The summed E-state index contributed by atoms with van der Waals surface area (Å²) in [4.78, 5) is 29.3. The van der Waals surface area contributed by atoms with Gasteiger partial charge in [0, 0.05) is 28.5 Å². The number of aryl methyl sites for hydroxylation is 1. The van der Waals surface area contributed by atoms with E-state index in [9.17, 15) is 18.0 Å². The maximum absolute atomic E-state index is 14.1. The Labute approximate surface area is 247 Å². The van der Waals surface area contributed by atoms with Crippen molar-refractivity contribution in [1.82, 2.24) is 10.2 Å². The highest BCUT2D eigenvalue weighted by molar-refractivity contribution is 7.92. The molecular formula is C30H35Cl2N3O4S. The van der Waals surface area contributed by atoms with Crippen molar-refractivity contribution < 1.29 is 18.0 Å². The first-order valence-corrected chi connectivity index (χ1v) is 15.4. The van der Waals surface area contributed by atoms with Gasteiger partial charge >= 0.3 is 0 Å².